The van der Waals surface area contributed by atoms with E-state index >= 15 is 0 Å². The predicted octanol–water partition coefficient (Wildman–Crippen LogP) is 3.02. The first kappa shape index (κ1) is 21.4. The molecule has 2 amide bonds. The lowest BCUT2D eigenvalue weighted by Gasteiger charge is -2.28. The Balaban J connectivity index is 1.22. The van der Waals surface area contributed by atoms with E-state index in [0.29, 0.717) is 31.7 Å². The molecule has 0 saturated carbocycles. The van der Waals surface area contributed by atoms with Gasteiger partial charge in [0.25, 0.3) is 5.91 Å². The second-order valence-electron chi connectivity index (χ2n) is 9.06. The van der Waals surface area contributed by atoms with Gasteiger partial charge in [-0.15, -0.1) is 5.10 Å². The fourth-order valence-electron chi connectivity index (χ4n) is 4.96. The summed E-state index contributed by atoms with van der Waals surface area (Å²) in [7, 11) is 0. The van der Waals surface area contributed by atoms with Crippen LogP contribution in [-0.2, 0) is 30.7 Å². The van der Waals surface area contributed by atoms with Crippen LogP contribution in [0.4, 0.5) is 0 Å². The molecule has 33 heavy (non-hydrogen) atoms. The number of amides is 2. The Morgan fingerprint density at radius 3 is 2.67 bits per heavy atom. The average Bonchev–Trinajstić information content (AvgIpc) is 3.50. The summed E-state index contributed by atoms with van der Waals surface area (Å²) in [5, 5.41) is 8.37. The number of benzene rings is 2. The summed E-state index contributed by atoms with van der Waals surface area (Å²) in [6.45, 7) is 4.66. The van der Waals surface area contributed by atoms with Crippen molar-refractivity contribution in [2.45, 2.75) is 51.7 Å². The minimum Gasteiger partial charge on any atom is -0.338 e. The topological polar surface area (TPSA) is 71.3 Å². The maximum atomic E-state index is 13.0. The van der Waals surface area contributed by atoms with Crippen LogP contribution in [0, 0.1) is 6.92 Å². The van der Waals surface area contributed by atoms with Crippen molar-refractivity contribution in [2.24, 2.45) is 0 Å². The van der Waals surface area contributed by atoms with Crippen molar-refractivity contribution in [3.05, 3.63) is 82.7 Å². The highest BCUT2D eigenvalue weighted by Crippen LogP contribution is 2.22. The summed E-state index contributed by atoms with van der Waals surface area (Å²) in [6, 6.07) is 16.4. The maximum absolute atomic E-state index is 13.0. The van der Waals surface area contributed by atoms with Crippen molar-refractivity contribution in [3.8, 4) is 0 Å². The molecular weight excluding hydrogens is 414 g/mol. The first-order valence-corrected chi connectivity index (χ1v) is 11.7. The van der Waals surface area contributed by atoms with E-state index in [4.69, 9.17) is 0 Å². The Morgan fingerprint density at radius 2 is 1.82 bits per heavy atom. The molecule has 3 heterocycles. The fourth-order valence-corrected chi connectivity index (χ4v) is 4.96. The molecule has 2 aliphatic heterocycles. The Kier molecular flexibility index (Phi) is 5.94. The molecule has 7 heteroatoms. The third-order valence-electron chi connectivity index (χ3n) is 6.87. The van der Waals surface area contributed by atoms with Crippen molar-refractivity contribution in [1.82, 2.24) is 24.8 Å². The molecule has 2 aliphatic rings. The van der Waals surface area contributed by atoms with E-state index in [1.807, 2.05) is 53.1 Å². The predicted molar refractivity (Wildman–Crippen MR) is 125 cm³/mol. The highest BCUT2D eigenvalue weighted by Gasteiger charge is 2.30. The number of hydrogen-bond acceptors (Lipinski definition) is 4. The molecule has 2 aromatic carbocycles. The highest BCUT2D eigenvalue weighted by atomic mass is 16.2. The van der Waals surface area contributed by atoms with Crippen LogP contribution < -0.4 is 0 Å². The van der Waals surface area contributed by atoms with E-state index in [2.05, 4.69) is 22.4 Å². The lowest BCUT2D eigenvalue weighted by molar-refractivity contribution is -0.131. The average molecular weight is 444 g/mol. The number of carbonyl (C=O) groups is 2. The van der Waals surface area contributed by atoms with Gasteiger partial charge in [-0.1, -0.05) is 53.7 Å². The van der Waals surface area contributed by atoms with Gasteiger partial charge < -0.3 is 9.80 Å². The van der Waals surface area contributed by atoms with Gasteiger partial charge >= 0.3 is 0 Å². The summed E-state index contributed by atoms with van der Waals surface area (Å²) in [5.41, 5.74) is 5.08. The molecule has 170 valence electrons. The lowest BCUT2D eigenvalue weighted by Crippen LogP contribution is -2.39. The van der Waals surface area contributed by atoms with Crippen LogP contribution in [0.5, 0.6) is 0 Å². The molecule has 5 rings (SSSR count). The minimum atomic E-state index is -0.0883. The summed E-state index contributed by atoms with van der Waals surface area (Å²) in [4.78, 5) is 29.8. The minimum absolute atomic E-state index is 0.0769. The standard InChI is InChI=1S/C26H29N5O2/c1-19-7-2-3-9-21(19)15-25(32)31-13-6-11-23(31)17-30-18-24(27-28-30)26(33)29-14-12-20-8-4-5-10-22(20)16-29/h2-5,7-10,18,23H,6,11-17H2,1H3/t23-/m0/s1. The summed E-state index contributed by atoms with van der Waals surface area (Å²) >= 11 is 0. The van der Waals surface area contributed by atoms with E-state index in [1.54, 1.807) is 10.9 Å². The number of nitrogens with zero attached hydrogens (tertiary/aromatic N) is 5. The number of fused-ring (bicyclic) bond motifs is 1. The van der Waals surface area contributed by atoms with E-state index in [9.17, 15) is 9.59 Å². The zero-order chi connectivity index (χ0) is 22.8. The van der Waals surface area contributed by atoms with E-state index in [1.165, 1.54) is 11.1 Å². The van der Waals surface area contributed by atoms with Crippen molar-refractivity contribution in [1.29, 1.82) is 0 Å². The molecule has 0 radical (unpaired) electrons. The SMILES string of the molecule is Cc1ccccc1CC(=O)N1CCC[C@H]1Cn1cc(C(=O)N2CCc3ccccc3C2)nn1. The largest absolute Gasteiger partial charge is 0.338 e. The number of rotatable bonds is 5. The van der Waals surface area contributed by atoms with E-state index < -0.39 is 0 Å². The van der Waals surface area contributed by atoms with Gasteiger partial charge in [0.2, 0.25) is 5.91 Å². The quantitative estimate of drug-likeness (QED) is 0.608. The Morgan fingerprint density at radius 1 is 1.03 bits per heavy atom. The number of likely N-dealkylation sites (tertiary alicyclic amines) is 1. The van der Waals surface area contributed by atoms with E-state index in [0.717, 1.165) is 36.9 Å². The van der Waals surface area contributed by atoms with Crippen molar-refractivity contribution in [2.75, 3.05) is 13.1 Å². The van der Waals surface area contributed by atoms with Crippen LogP contribution in [0.1, 0.15) is 45.6 Å². The lowest BCUT2D eigenvalue weighted by atomic mass is 10.00. The normalized spacial score (nSPS) is 17.8. The van der Waals surface area contributed by atoms with Crippen molar-refractivity contribution >= 4 is 11.8 Å². The van der Waals surface area contributed by atoms with Gasteiger partial charge in [0.15, 0.2) is 5.69 Å². The zero-order valence-corrected chi connectivity index (χ0v) is 19.0. The second-order valence-corrected chi connectivity index (χ2v) is 9.06. The van der Waals surface area contributed by atoms with Crippen LogP contribution in [0.25, 0.3) is 0 Å². The maximum Gasteiger partial charge on any atom is 0.276 e. The van der Waals surface area contributed by atoms with Crippen LogP contribution in [0.3, 0.4) is 0 Å². The Bertz CT molecular complexity index is 1170. The van der Waals surface area contributed by atoms with Crippen molar-refractivity contribution < 1.29 is 9.59 Å². The first-order valence-electron chi connectivity index (χ1n) is 11.7. The zero-order valence-electron chi connectivity index (χ0n) is 19.0. The van der Waals surface area contributed by atoms with Gasteiger partial charge in [-0.05, 0) is 48.4 Å². The van der Waals surface area contributed by atoms with Gasteiger partial charge in [-0.3, -0.25) is 9.59 Å². The Hall–Kier alpha value is -3.48. The monoisotopic (exact) mass is 443 g/mol. The van der Waals surface area contributed by atoms with Crippen LogP contribution >= 0.6 is 0 Å². The number of hydrogen-bond donors (Lipinski definition) is 0. The molecule has 0 N–H and O–H groups in total. The van der Waals surface area contributed by atoms with Gasteiger partial charge in [-0.2, -0.15) is 0 Å². The van der Waals surface area contributed by atoms with Gasteiger partial charge in [-0.25, -0.2) is 4.68 Å². The molecule has 1 atom stereocenters. The molecule has 0 spiro atoms. The smallest absolute Gasteiger partial charge is 0.276 e. The van der Waals surface area contributed by atoms with Gasteiger partial charge in [0, 0.05) is 19.6 Å². The molecule has 7 nitrogen and oxygen atoms in total. The third-order valence-corrected chi connectivity index (χ3v) is 6.87. The molecule has 0 unspecified atom stereocenters. The summed E-state index contributed by atoms with van der Waals surface area (Å²) in [6.07, 6.45) is 4.92. The first-order chi connectivity index (χ1) is 16.1. The molecular formula is C26H29N5O2. The van der Waals surface area contributed by atoms with E-state index in [-0.39, 0.29) is 17.9 Å². The van der Waals surface area contributed by atoms with Gasteiger partial charge in [0.1, 0.15) is 0 Å². The third kappa shape index (κ3) is 4.53. The highest BCUT2D eigenvalue weighted by molar-refractivity contribution is 5.92. The number of carbonyl (C=O) groups excluding carboxylic acids is 2. The van der Waals surface area contributed by atoms with Gasteiger partial charge in [0.05, 0.1) is 25.2 Å². The molecule has 0 bridgehead atoms. The molecule has 1 saturated heterocycles. The molecule has 1 fully saturated rings. The summed E-state index contributed by atoms with van der Waals surface area (Å²) in [5.74, 6) is 0.0601. The van der Waals surface area contributed by atoms with Crippen LogP contribution in [0.15, 0.2) is 54.7 Å². The second kappa shape index (κ2) is 9.17. The van der Waals surface area contributed by atoms with Crippen molar-refractivity contribution in [3.63, 3.8) is 0 Å². The number of aryl methyl sites for hydroxylation is 1. The molecule has 0 aliphatic carbocycles. The summed E-state index contributed by atoms with van der Waals surface area (Å²) < 4.78 is 1.72. The number of aromatic nitrogens is 3. The fraction of sp³-hybridized carbons (Fsp3) is 0.385. The van der Waals surface area contributed by atoms with Crippen LogP contribution in [-0.4, -0.2) is 55.7 Å². The molecule has 3 aromatic rings. The van der Waals surface area contributed by atoms with Crippen LogP contribution in [0.2, 0.25) is 0 Å². The molecule has 1 aromatic heterocycles. The Labute approximate surface area is 194 Å².